The van der Waals surface area contributed by atoms with Crippen LogP contribution in [0.25, 0.3) is 0 Å². The zero-order valence-corrected chi connectivity index (χ0v) is 18.6. The van der Waals surface area contributed by atoms with E-state index in [1.165, 1.54) is 0 Å². The van der Waals surface area contributed by atoms with Crippen molar-refractivity contribution in [2.75, 3.05) is 7.11 Å². The van der Waals surface area contributed by atoms with Gasteiger partial charge in [0.1, 0.15) is 23.6 Å². The predicted octanol–water partition coefficient (Wildman–Crippen LogP) is 2.19. The van der Waals surface area contributed by atoms with Gasteiger partial charge in [-0.1, -0.05) is 38.7 Å². The molecule has 2 aliphatic heterocycles. The summed E-state index contributed by atoms with van der Waals surface area (Å²) in [6.07, 6.45) is 3.67. The van der Waals surface area contributed by atoms with Crippen molar-refractivity contribution in [2.24, 2.45) is 29.6 Å². The van der Waals surface area contributed by atoms with E-state index in [1.807, 2.05) is 20.8 Å². The third kappa shape index (κ3) is 3.03. The number of ether oxygens (including phenoxy) is 3. The summed E-state index contributed by atoms with van der Waals surface area (Å²) in [4.78, 5) is 0. The van der Waals surface area contributed by atoms with Crippen LogP contribution < -0.4 is 0 Å². The Labute approximate surface area is 179 Å². The highest BCUT2D eigenvalue weighted by Crippen LogP contribution is 2.60. The molecule has 2 fully saturated rings. The minimum absolute atomic E-state index is 0.0305. The SMILES string of the molecule is C=C1OC(C(C)O)[C@H](C)/C=C(\C)[C@]23O[C@@H]4C(C=C[C@@H]2C[C@@H]1OC)C3C(O)[C@@H](C)[C@H]4O. The van der Waals surface area contributed by atoms with E-state index in [1.54, 1.807) is 14.0 Å². The molecule has 2 heterocycles. The van der Waals surface area contributed by atoms with Gasteiger partial charge in [-0.25, -0.2) is 0 Å². The fourth-order valence-corrected chi connectivity index (χ4v) is 6.46. The first-order chi connectivity index (χ1) is 14.1. The zero-order valence-electron chi connectivity index (χ0n) is 18.6. The van der Waals surface area contributed by atoms with Gasteiger partial charge in [0.05, 0.1) is 24.4 Å². The summed E-state index contributed by atoms with van der Waals surface area (Å²) in [6.45, 7) is 11.8. The van der Waals surface area contributed by atoms with Gasteiger partial charge in [-0.15, -0.1) is 0 Å². The van der Waals surface area contributed by atoms with Crippen LogP contribution in [0.5, 0.6) is 0 Å². The lowest BCUT2D eigenvalue weighted by Gasteiger charge is -2.49. The molecule has 0 amide bonds. The van der Waals surface area contributed by atoms with E-state index in [9.17, 15) is 15.3 Å². The Morgan fingerprint density at radius 1 is 1.23 bits per heavy atom. The summed E-state index contributed by atoms with van der Waals surface area (Å²) < 4.78 is 18.6. The topological polar surface area (TPSA) is 88.4 Å². The number of hydrogen-bond donors (Lipinski definition) is 3. The molecule has 12 atom stereocenters. The van der Waals surface area contributed by atoms with Crippen molar-refractivity contribution < 1.29 is 29.5 Å². The Bertz CT molecular complexity index is 744. The molecular weight excluding hydrogens is 384 g/mol. The lowest BCUT2D eigenvalue weighted by atomic mass is 9.57. The second-order valence-corrected chi connectivity index (χ2v) is 9.77. The summed E-state index contributed by atoms with van der Waals surface area (Å²) in [5.41, 5.74) is 0.278. The summed E-state index contributed by atoms with van der Waals surface area (Å²) in [5, 5.41) is 32.5. The predicted molar refractivity (Wildman–Crippen MR) is 112 cm³/mol. The first-order valence-electron chi connectivity index (χ1n) is 11.1. The molecule has 30 heavy (non-hydrogen) atoms. The van der Waals surface area contributed by atoms with Crippen molar-refractivity contribution in [2.45, 2.75) is 76.3 Å². The van der Waals surface area contributed by atoms with Crippen LogP contribution in [0.2, 0.25) is 0 Å². The standard InChI is InChI=1S/C24H36O6/c1-11-9-12(2)24-16(10-18(28-6)15(5)29-22(11)14(4)25)7-8-17-19(24)20(26)13(3)21(27)23(17)30-24/h7-9,11,13-14,16-23,25-27H,5,10H2,1-4,6H3/b12-9+/t11-,13-,14?,16-,17?,18+,19?,20?,21-,22?,23-,24+/m1/s1. The van der Waals surface area contributed by atoms with E-state index in [0.29, 0.717) is 12.2 Å². The number of hydrogen-bond acceptors (Lipinski definition) is 6. The third-order valence-corrected chi connectivity index (χ3v) is 8.04. The summed E-state index contributed by atoms with van der Waals surface area (Å²) in [5.74, 6) is -0.116. The van der Waals surface area contributed by atoms with Crippen molar-refractivity contribution >= 4 is 0 Å². The molecule has 5 unspecified atom stereocenters. The van der Waals surface area contributed by atoms with Gasteiger partial charge in [-0.05, 0) is 25.8 Å². The quantitative estimate of drug-likeness (QED) is 0.594. The molecule has 168 valence electrons. The number of methoxy groups -OCH3 is 1. The monoisotopic (exact) mass is 420 g/mol. The van der Waals surface area contributed by atoms with Gasteiger partial charge in [0.25, 0.3) is 0 Å². The first kappa shape index (κ1) is 22.0. The summed E-state index contributed by atoms with van der Waals surface area (Å²) in [6, 6.07) is 0. The first-order valence-corrected chi connectivity index (χ1v) is 11.1. The van der Waals surface area contributed by atoms with Gasteiger partial charge in [0.2, 0.25) is 0 Å². The maximum Gasteiger partial charge on any atom is 0.130 e. The Balaban J connectivity index is 1.86. The average Bonchev–Trinajstić information content (AvgIpc) is 2.91. The number of rotatable bonds is 2. The highest BCUT2D eigenvalue weighted by Gasteiger charge is 2.67. The van der Waals surface area contributed by atoms with Crippen LogP contribution in [0.1, 0.15) is 34.1 Å². The van der Waals surface area contributed by atoms with Crippen LogP contribution in [0.15, 0.2) is 36.1 Å². The Hall–Kier alpha value is -1.18. The van der Waals surface area contributed by atoms with E-state index in [2.05, 4.69) is 24.8 Å². The van der Waals surface area contributed by atoms with Gasteiger partial charge in [-0.2, -0.15) is 0 Å². The molecule has 0 aromatic rings. The second-order valence-electron chi connectivity index (χ2n) is 9.77. The number of aliphatic hydroxyl groups excluding tert-OH is 3. The maximum atomic E-state index is 11.2. The average molecular weight is 421 g/mol. The molecule has 0 aromatic heterocycles. The van der Waals surface area contributed by atoms with Crippen LogP contribution in [-0.4, -0.2) is 64.7 Å². The molecule has 2 aliphatic carbocycles. The Kier molecular flexibility index (Phi) is 5.69. The zero-order chi connectivity index (χ0) is 22.0. The van der Waals surface area contributed by atoms with Crippen molar-refractivity contribution in [3.63, 3.8) is 0 Å². The second kappa shape index (κ2) is 7.75. The molecule has 4 bridgehead atoms. The Morgan fingerprint density at radius 2 is 1.93 bits per heavy atom. The molecule has 3 N–H and O–H groups in total. The lowest BCUT2D eigenvalue weighted by Crippen LogP contribution is -2.56. The molecule has 6 heteroatoms. The van der Waals surface area contributed by atoms with Crippen molar-refractivity contribution in [1.29, 1.82) is 0 Å². The van der Waals surface area contributed by atoms with Gasteiger partial charge < -0.3 is 29.5 Å². The van der Waals surface area contributed by atoms with Crippen LogP contribution in [-0.2, 0) is 14.2 Å². The van der Waals surface area contributed by atoms with E-state index < -0.39 is 30.0 Å². The van der Waals surface area contributed by atoms with Crippen LogP contribution in [0, 0.1) is 29.6 Å². The molecule has 1 saturated heterocycles. The fraction of sp³-hybridized carbons (Fsp3) is 0.750. The number of aliphatic hydroxyl groups is 3. The summed E-state index contributed by atoms with van der Waals surface area (Å²) in [7, 11) is 1.63. The molecule has 4 aliphatic rings. The largest absolute Gasteiger partial charge is 0.489 e. The Morgan fingerprint density at radius 3 is 2.57 bits per heavy atom. The molecule has 4 rings (SSSR count). The van der Waals surface area contributed by atoms with Gasteiger partial charge >= 0.3 is 0 Å². The van der Waals surface area contributed by atoms with Gasteiger partial charge in [-0.3, -0.25) is 0 Å². The van der Waals surface area contributed by atoms with E-state index >= 15 is 0 Å². The van der Waals surface area contributed by atoms with Crippen molar-refractivity contribution in [3.05, 3.63) is 36.1 Å². The fourth-order valence-electron chi connectivity index (χ4n) is 6.46. The molecule has 1 spiro atoms. The molecule has 0 aromatic carbocycles. The van der Waals surface area contributed by atoms with Gasteiger partial charge in [0, 0.05) is 36.7 Å². The highest BCUT2D eigenvalue weighted by atomic mass is 16.5. The molecule has 1 saturated carbocycles. The maximum absolute atomic E-state index is 11.2. The lowest BCUT2D eigenvalue weighted by molar-refractivity contribution is -0.103. The molecule has 6 nitrogen and oxygen atoms in total. The van der Waals surface area contributed by atoms with Crippen LogP contribution in [0.3, 0.4) is 0 Å². The van der Waals surface area contributed by atoms with E-state index in [0.717, 1.165) is 5.57 Å². The molecular formula is C24H36O6. The van der Waals surface area contributed by atoms with E-state index in [4.69, 9.17) is 14.2 Å². The normalized spacial score (nSPS) is 53.3. The van der Waals surface area contributed by atoms with E-state index in [-0.39, 0.29) is 41.8 Å². The highest BCUT2D eigenvalue weighted by molar-refractivity contribution is 5.35. The minimum atomic E-state index is -0.735. The third-order valence-electron chi connectivity index (χ3n) is 8.04. The van der Waals surface area contributed by atoms with Crippen molar-refractivity contribution in [3.8, 4) is 0 Å². The van der Waals surface area contributed by atoms with Crippen LogP contribution in [0.4, 0.5) is 0 Å². The molecule has 0 radical (unpaired) electrons. The smallest absolute Gasteiger partial charge is 0.130 e. The van der Waals surface area contributed by atoms with Crippen molar-refractivity contribution in [1.82, 2.24) is 0 Å². The van der Waals surface area contributed by atoms with Gasteiger partial charge in [0.15, 0.2) is 0 Å². The van der Waals surface area contributed by atoms with Crippen LogP contribution >= 0.6 is 0 Å². The summed E-state index contributed by atoms with van der Waals surface area (Å²) >= 11 is 0. The minimum Gasteiger partial charge on any atom is -0.489 e.